The molecule has 0 bridgehead atoms. The highest BCUT2D eigenvalue weighted by molar-refractivity contribution is 5.94. The van der Waals surface area contributed by atoms with Crippen LogP contribution in [0.15, 0.2) is 54.6 Å². The predicted octanol–water partition coefficient (Wildman–Crippen LogP) is 3.38. The van der Waals surface area contributed by atoms with E-state index in [1.807, 2.05) is 44.2 Å². The zero-order valence-corrected chi connectivity index (χ0v) is 15.2. The molecule has 0 unspecified atom stereocenters. The van der Waals surface area contributed by atoms with Crippen molar-refractivity contribution in [1.82, 2.24) is 5.32 Å². The summed E-state index contributed by atoms with van der Waals surface area (Å²) in [4.78, 5) is 23.7. The summed E-state index contributed by atoms with van der Waals surface area (Å²) in [6.07, 6.45) is 1.43. The van der Waals surface area contributed by atoms with Crippen LogP contribution >= 0.6 is 0 Å². The number of carbonyl (C=O) groups is 2. The first-order valence-electron chi connectivity index (χ1n) is 8.83. The van der Waals surface area contributed by atoms with Crippen molar-refractivity contribution in [2.75, 3.05) is 13.2 Å². The van der Waals surface area contributed by atoms with Crippen molar-refractivity contribution < 1.29 is 19.1 Å². The Morgan fingerprint density at radius 1 is 1.04 bits per heavy atom. The van der Waals surface area contributed by atoms with Crippen molar-refractivity contribution in [1.29, 1.82) is 0 Å². The summed E-state index contributed by atoms with van der Waals surface area (Å²) in [5, 5.41) is 2.89. The third-order valence-electron chi connectivity index (χ3n) is 3.92. The first-order chi connectivity index (χ1) is 12.6. The van der Waals surface area contributed by atoms with Crippen molar-refractivity contribution in [2.24, 2.45) is 0 Å². The molecule has 138 valence electrons. The molecule has 0 aliphatic carbocycles. The number of benzene rings is 2. The van der Waals surface area contributed by atoms with Gasteiger partial charge in [-0.2, -0.15) is 0 Å². The van der Waals surface area contributed by atoms with Crippen LogP contribution in [0.25, 0.3) is 0 Å². The molecule has 26 heavy (non-hydrogen) atoms. The van der Waals surface area contributed by atoms with Gasteiger partial charge >= 0.3 is 5.97 Å². The zero-order chi connectivity index (χ0) is 18.8. The van der Waals surface area contributed by atoms with E-state index in [4.69, 9.17) is 9.47 Å². The molecule has 2 rings (SSSR count). The topological polar surface area (TPSA) is 64.6 Å². The summed E-state index contributed by atoms with van der Waals surface area (Å²) in [7, 11) is 0. The molecule has 0 saturated heterocycles. The van der Waals surface area contributed by atoms with Gasteiger partial charge in [0.05, 0.1) is 6.10 Å². The third kappa shape index (κ3) is 6.59. The van der Waals surface area contributed by atoms with E-state index < -0.39 is 5.97 Å². The van der Waals surface area contributed by atoms with Crippen LogP contribution in [0.2, 0.25) is 0 Å². The largest absolute Gasteiger partial charge is 0.482 e. The third-order valence-corrected chi connectivity index (χ3v) is 3.92. The predicted molar refractivity (Wildman–Crippen MR) is 100 cm³/mol. The van der Waals surface area contributed by atoms with Crippen LogP contribution < -0.4 is 10.1 Å². The van der Waals surface area contributed by atoms with Crippen LogP contribution in [0.1, 0.15) is 36.2 Å². The Bertz CT molecular complexity index is 698. The van der Waals surface area contributed by atoms with E-state index in [1.54, 1.807) is 24.3 Å². The number of nitrogens with one attached hydrogen (secondary N) is 1. The molecule has 0 fully saturated rings. The van der Waals surface area contributed by atoms with Crippen molar-refractivity contribution in [3.05, 3.63) is 65.7 Å². The molecular weight excluding hydrogens is 330 g/mol. The van der Waals surface area contributed by atoms with Gasteiger partial charge in [-0.25, -0.2) is 4.79 Å². The summed E-state index contributed by atoms with van der Waals surface area (Å²) in [5.74, 6) is -0.0160. The summed E-state index contributed by atoms with van der Waals surface area (Å²) < 4.78 is 10.5. The number of ether oxygens (including phenoxy) is 2. The van der Waals surface area contributed by atoms with E-state index in [9.17, 15) is 9.59 Å². The van der Waals surface area contributed by atoms with E-state index in [-0.39, 0.29) is 18.6 Å². The highest BCUT2D eigenvalue weighted by Gasteiger charge is 2.09. The first-order valence-corrected chi connectivity index (χ1v) is 8.83. The lowest BCUT2D eigenvalue weighted by Crippen LogP contribution is -2.25. The van der Waals surface area contributed by atoms with E-state index >= 15 is 0 Å². The Labute approximate surface area is 154 Å². The smallest absolute Gasteiger partial charge is 0.344 e. The molecule has 2 aromatic carbocycles. The van der Waals surface area contributed by atoms with Crippen LogP contribution in [-0.2, 0) is 16.0 Å². The first kappa shape index (κ1) is 19.5. The minimum atomic E-state index is -0.401. The van der Waals surface area contributed by atoms with Crippen molar-refractivity contribution in [3.8, 4) is 5.75 Å². The monoisotopic (exact) mass is 355 g/mol. The molecular formula is C21H25NO4. The van der Waals surface area contributed by atoms with Crippen LogP contribution in [-0.4, -0.2) is 31.1 Å². The number of hydrogen-bond acceptors (Lipinski definition) is 4. The van der Waals surface area contributed by atoms with Gasteiger partial charge in [-0.3, -0.25) is 4.79 Å². The SMILES string of the molecule is CC[C@@H](C)OC(=O)COc1ccc(C(=O)NCCc2ccccc2)cc1. The number of carbonyl (C=O) groups excluding carboxylic acids is 2. The number of amides is 1. The lowest BCUT2D eigenvalue weighted by atomic mass is 10.1. The lowest BCUT2D eigenvalue weighted by molar-refractivity contribution is -0.150. The lowest BCUT2D eigenvalue weighted by Gasteiger charge is -2.11. The highest BCUT2D eigenvalue weighted by Crippen LogP contribution is 2.12. The van der Waals surface area contributed by atoms with Crippen molar-refractivity contribution in [2.45, 2.75) is 32.8 Å². The van der Waals surface area contributed by atoms with Crippen LogP contribution in [0, 0.1) is 0 Å². The summed E-state index contributed by atoms with van der Waals surface area (Å²) >= 11 is 0. The van der Waals surface area contributed by atoms with Gasteiger partial charge in [-0.15, -0.1) is 0 Å². The fourth-order valence-corrected chi connectivity index (χ4v) is 2.25. The fourth-order valence-electron chi connectivity index (χ4n) is 2.25. The normalized spacial score (nSPS) is 11.5. The van der Waals surface area contributed by atoms with Gasteiger partial charge in [0.25, 0.3) is 5.91 Å². The van der Waals surface area contributed by atoms with Crippen molar-refractivity contribution in [3.63, 3.8) is 0 Å². The summed E-state index contributed by atoms with van der Waals surface area (Å²) in [6.45, 7) is 4.21. The summed E-state index contributed by atoms with van der Waals surface area (Å²) in [6, 6.07) is 16.7. The van der Waals surface area contributed by atoms with Gasteiger partial charge < -0.3 is 14.8 Å². The average molecular weight is 355 g/mol. The molecule has 0 aliphatic rings. The molecule has 1 N–H and O–H groups in total. The van der Waals surface area contributed by atoms with Gasteiger partial charge in [-0.05, 0) is 49.6 Å². The van der Waals surface area contributed by atoms with Crippen LogP contribution in [0.4, 0.5) is 0 Å². The Balaban J connectivity index is 1.75. The van der Waals surface area contributed by atoms with Crippen LogP contribution in [0.5, 0.6) is 5.75 Å². The molecule has 2 aromatic rings. The van der Waals surface area contributed by atoms with Crippen molar-refractivity contribution >= 4 is 11.9 Å². The zero-order valence-electron chi connectivity index (χ0n) is 15.2. The van der Waals surface area contributed by atoms with E-state index in [1.165, 1.54) is 5.56 Å². The highest BCUT2D eigenvalue weighted by atomic mass is 16.6. The molecule has 0 aliphatic heterocycles. The number of rotatable bonds is 9. The minimum Gasteiger partial charge on any atom is -0.482 e. The average Bonchev–Trinajstić information content (AvgIpc) is 2.67. The maximum absolute atomic E-state index is 12.1. The Hall–Kier alpha value is -2.82. The van der Waals surface area contributed by atoms with Gasteiger partial charge in [0, 0.05) is 12.1 Å². The molecule has 1 amide bonds. The second kappa shape index (κ2) is 10.2. The van der Waals surface area contributed by atoms with Crippen LogP contribution in [0.3, 0.4) is 0 Å². The van der Waals surface area contributed by atoms with Gasteiger partial charge in [0.1, 0.15) is 5.75 Å². The Kier molecular flexibility index (Phi) is 7.68. The van der Waals surface area contributed by atoms with Gasteiger partial charge in [-0.1, -0.05) is 37.3 Å². The van der Waals surface area contributed by atoms with Gasteiger partial charge in [0.15, 0.2) is 6.61 Å². The quantitative estimate of drug-likeness (QED) is 0.701. The Morgan fingerprint density at radius 3 is 2.38 bits per heavy atom. The molecule has 5 nitrogen and oxygen atoms in total. The maximum atomic E-state index is 12.1. The molecule has 0 heterocycles. The molecule has 0 radical (unpaired) electrons. The second-order valence-corrected chi connectivity index (χ2v) is 6.01. The molecule has 0 saturated carbocycles. The van der Waals surface area contributed by atoms with E-state index in [2.05, 4.69) is 5.32 Å². The standard InChI is InChI=1S/C21H25NO4/c1-3-16(2)26-20(23)15-25-19-11-9-18(10-12-19)21(24)22-14-13-17-7-5-4-6-8-17/h4-12,16H,3,13-15H2,1-2H3,(H,22,24)/t16-/m1/s1. The number of hydrogen-bond donors (Lipinski definition) is 1. The fraction of sp³-hybridized carbons (Fsp3) is 0.333. The van der Waals surface area contributed by atoms with E-state index in [0.29, 0.717) is 17.9 Å². The van der Waals surface area contributed by atoms with E-state index in [0.717, 1.165) is 12.8 Å². The molecule has 0 aromatic heterocycles. The summed E-state index contributed by atoms with van der Waals surface area (Å²) in [5.41, 5.74) is 1.73. The second-order valence-electron chi connectivity index (χ2n) is 6.01. The molecule has 1 atom stereocenters. The minimum absolute atomic E-state index is 0.118. The molecule has 5 heteroatoms. The number of esters is 1. The molecule has 0 spiro atoms. The maximum Gasteiger partial charge on any atom is 0.344 e. The Morgan fingerprint density at radius 2 is 1.73 bits per heavy atom. The van der Waals surface area contributed by atoms with Gasteiger partial charge in [0.2, 0.25) is 0 Å².